The Kier molecular flexibility index (Phi) is 4.71. The molecule has 0 N–H and O–H groups in total. The van der Waals surface area contributed by atoms with Crippen molar-refractivity contribution < 1.29 is 9.53 Å². The van der Waals surface area contributed by atoms with E-state index in [0.717, 1.165) is 32.8 Å². The number of likely N-dealkylation sites (tertiary alicyclic amines) is 1. The summed E-state index contributed by atoms with van der Waals surface area (Å²) in [5, 5.41) is 0. The summed E-state index contributed by atoms with van der Waals surface area (Å²) in [5.74, 6) is 0.0768. The summed E-state index contributed by atoms with van der Waals surface area (Å²) >= 11 is 0. The number of nitrogens with zero attached hydrogens (tertiary/aromatic N) is 4. The molecule has 1 amide bonds. The van der Waals surface area contributed by atoms with Gasteiger partial charge in [-0.2, -0.15) is 0 Å². The Labute approximate surface area is 131 Å². The second-order valence-electron chi connectivity index (χ2n) is 6.26. The first-order valence-corrected chi connectivity index (χ1v) is 7.85. The standard InChI is InChI=1S/C16H24N4O2/c1-18(2)7-8-19-9-10-22-15-12-20(11-14(15)19)16(21)13-3-5-17-6-4-13/h3-6,14-15H,7-12H2,1-2H3/t14-,15+/m1/s1. The Bertz CT molecular complexity index is 508. The number of carbonyl (C=O) groups is 1. The normalized spacial score (nSPS) is 25.5. The van der Waals surface area contributed by atoms with E-state index in [9.17, 15) is 4.79 Å². The monoisotopic (exact) mass is 304 g/mol. The predicted molar refractivity (Wildman–Crippen MR) is 83.8 cm³/mol. The van der Waals surface area contributed by atoms with Gasteiger partial charge in [-0.25, -0.2) is 0 Å². The molecule has 6 heteroatoms. The lowest BCUT2D eigenvalue weighted by atomic mass is 10.1. The molecule has 0 aromatic carbocycles. The van der Waals surface area contributed by atoms with Crippen molar-refractivity contribution in [3.8, 4) is 0 Å². The van der Waals surface area contributed by atoms with Crippen molar-refractivity contribution >= 4 is 5.91 Å². The maximum atomic E-state index is 12.6. The molecule has 6 nitrogen and oxygen atoms in total. The average Bonchev–Trinajstić information content (AvgIpc) is 2.97. The van der Waals surface area contributed by atoms with E-state index in [-0.39, 0.29) is 12.0 Å². The molecule has 2 fully saturated rings. The Hall–Kier alpha value is -1.50. The lowest BCUT2D eigenvalue weighted by molar-refractivity contribution is -0.0482. The number of hydrogen-bond acceptors (Lipinski definition) is 5. The molecule has 2 atom stereocenters. The topological polar surface area (TPSA) is 48.9 Å². The first kappa shape index (κ1) is 15.4. The van der Waals surface area contributed by atoms with Crippen LogP contribution in [0.15, 0.2) is 24.5 Å². The van der Waals surface area contributed by atoms with Gasteiger partial charge in [0.1, 0.15) is 0 Å². The Morgan fingerprint density at radius 1 is 1.36 bits per heavy atom. The number of pyridine rings is 1. The van der Waals surface area contributed by atoms with Crippen molar-refractivity contribution in [2.24, 2.45) is 0 Å². The maximum absolute atomic E-state index is 12.6. The number of likely N-dealkylation sites (N-methyl/N-ethyl adjacent to an activating group) is 1. The molecule has 1 aromatic rings. The minimum atomic E-state index is 0.0768. The van der Waals surface area contributed by atoms with Crippen LogP contribution >= 0.6 is 0 Å². The molecular formula is C16H24N4O2. The number of amides is 1. The lowest BCUT2D eigenvalue weighted by Gasteiger charge is -2.37. The summed E-state index contributed by atoms with van der Waals surface area (Å²) in [6.07, 6.45) is 3.47. The SMILES string of the molecule is CN(C)CCN1CCO[C@H]2CN(C(=O)c3ccncc3)C[C@H]21. The lowest BCUT2D eigenvalue weighted by Crippen LogP contribution is -2.52. The fraction of sp³-hybridized carbons (Fsp3) is 0.625. The van der Waals surface area contributed by atoms with Crippen LogP contribution in [0, 0.1) is 0 Å². The third kappa shape index (κ3) is 3.29. The van der Waals surface area contributed by atoms with Crippen LogP contribution in [-0.4, -0.2) is 91.2 Å². The van der Waals surface area contributed by atoms with Crippen LogP contribution < -0.4 is 0 Å². The van der Waals surface area contributed by atoms with Crippen LogP contribution in [0.2, 0.25) is 0 Å². The van der Waals surface area contributed by atoms with E-state index in [1.807, 2.05) is 4.90 Å². The van der Waals surface area contributed by atoms with Crippen LogP contribution in [0.5, 0.6) is 0 Å². The molecule has 0 aliphatic carbocycles. The summed E-state index contributed by atoms with van der Waals surface area (Å²) < 4.78 is 5.89. The second-order valence-corrected chi connectivity index (χ2v) is 6.26. The smallest absolute Gasteiger partial charge is 0.254 e. The fourth-order valence-electron chi connectivity index (χ4n) is 3.21. The van der Waals surface area contributed by atoms with E-state index in [1.165, 1.54) is 0 Å². The molecule has 2 aliphatic heterocycles. The molecule has 2 saturated heterocycles. The molecule has 2 aliphatic rings. The van der Waals surface area contributed by atoms with E-state index >= 15 is 0 Å². The van der Waals surface area contributed by atoms with Crippen molar-refractivity contribution in [3.05, 3.63) is 30.1 Å². The fourth-order valence-corrected chi connectivity index (χ4v) is 3.21. The summed E-state index contributed by atoms with van der Waals surface area (Å²) in [5.41, 5.74) is 0.702. The third-order valence-electron chi connectivity index (χ3n) is 4.47. The number of fused-ring (bicyclic) bond motifs is 1. The molecule has 120 valence electrons. The molecule has 0 bridgehead atoms. The van der Waals surface area contributed by atoms with E-state index < -0.39 is 0 Å². The molecule has 3 heterocycles. The minimum absolute atomic E-state index is 0.0768. The number of hydrogen-bond donors (Lipinski definition) is 0. The highest BCUT2D eigenvalue weighted by Gasteiger charge is 2.41. The molecule has 22 heavy (non-hydrogen) atoms. The van der Waals surface area contributed by atoms with Crippen molar-refractivity contribution in [1.29, 1.82) is 0 Å². The minimum Gasteiger partial charge on any atom is -0.373 e. The van der Waals surface area contributed by atoms with Crippen LogP contribution in [0.1, 0.15) is 10.4 Å². The molecule has 3 rings (SSSR count). The van der Waals surface area contributed by atoms with Gasteiger partial charge in [0, 0.05) is 50.7 Å². The van der Waals surface area contributed by atoms with Gasteiger partial charge in [0.15, 0.2) is 0 Å². The van der Waals surface area contributed by atoms with E-state index in [0.29, 0.717) is 18.2 Å². The van der Waals surface area contributed by atoms with Crippen LogP contribution in [-0.2, 0) is 4.74 Å². The average molecular weight is 304 g/mol. The van der Waals surface area contributed by atoms with E-state index in [1.54, 1.807) is 24.5 Å². The second kappa shape index (κ2) is 6.73. The van der Waals surface area contributed by atoms with Gasteiger partial charge < -0.3 is 14.5 Å². The van der Waals surface area contributed by atoms with Gasteiger partial charge in [-0.15, -0.1) is 0 Å². The Morgan fingerprint density at radius 2 is 2.14 bits per heavy atom. The first-order chi connectivity index (χ1) is 10.6. The third-order valence-corrected chi connectivity index (χ3v) is 4.47. The largest absolute Gasteiger partial charge is 0.373 e. The summed E-state index contributed by atoms with van der Waals surface area (Å²) in [6, 6.07) is 3.86. The Balaban J connectivity index is 1.65. The van der Waals surface area contributed by atoms with Gasteiger partial charge >= 0.3 is 0 Å². The molecule has 0 saturated carbocycles. The van der Waals surface area contributed by atoms with Crippen molar-refractivity contribution in [1.82, 2.24) is 19.7 Å². The zero-order valence-corrected chi connectivity index (χ0v) is 13.3. The first-order valence-electron chi connectivity index (χ1n) is 7.85. The highest BCUT2D eigenvalue weighted by molar-refractivity contribution is 5.94. The maximum Gasteiger partial charge on any atom is 0.254 e. The van der Waals surface area contributed by atoms with Crippen molar-refractivity contribution in [2.45, 2.75) is 12.1 Å². The van der Waals surface area contributed by atoms with Crippen LogP contribution in [0.3, 0.4) is 0 Å². The Morgan fingerprint density at radius 3 is 2.86 bits per heavy atom. The molecular weight excluding hydrogens is 280 g/mol. The molecule has 0 radical (unpaired) electrons. The summed E-state index contributed by atoms with van der Waals surface area (Å²) in [7, 11) is 4.18. The number of morpholine rings is 1. The number of rotatable bonds is 4. The zero-order chi connectivity index (χ0) is 15.5. The highest BCUT2D eigenvalue weighted by atomic mass is 16.5. The quantitative estimate of drug-likeness (QED) is 0.793. The van der Waals surface area contributed by atoms with E-state index in [4.69, 9.17) is 4.74 Å². The molecule has 0 unspecified atom stereocenters. The van der Waals surface area contributed by atoms with Crippen LogP contribution in [0.25, 0.3) is 0 Å². The van der Waals surface area contributed by atoms with Crippen LogP contribution in [0.4, 0.5) is 0 Å². The van der Waals surface area contributed by atoms with Gasteiger partial charge in [-0.1, -0.05) is 0 Å². The van der Waals surface area contributed by atoms with Gasteiger partial charge in [0.05, 0.1) is 18.8 Å². The van der Waals surface area contributed by atoms with Crippen molar-refractivity contribution in [2.75, 3.05) is 53.4 Å². The van der Waals surface area contributed by atoms with Gasteiger partial charge in [0.25, 0.3) is 5.91 Å². The predicted octanol–water partition coefficient (Wildman–Crippen LogP) is 0.168. The number of aromatic nitrogens is 1. The highest BCUT2D eigenvalue weighted by Crippen LogP contribution is 2.24. The molecule has 1 aromatic heterocycles. The summed E-state index contributed by atoms with van der Waals surface area (Å²) in [4.78, 5) is 23.1. The number of carbonyl (C=O) groups excluding carboxylic acids is 1. The molecule has 0 spiro atoms. The van der Waals surface area contributed by atoms with E-state index in [2.05, 4.69) is 28.9 Å². The number of ether oxygens (including phenoxy) is 1. The van der Waals surface area contributed by atoms with Gasteiger partial charge in [-0.05, 0) is 26.2 Å². The van der Waals surface area contributed by atoms with Gasteiger partial charge in [0.2, 0.25) is 0 Å². The van der Waals surface area contributed by atoms with Gasteiger partial charge in [-0.3, -0.25) is 14.7 Å². The summed E-state index contributed by atoms with van der Waals surface area (Å²) in [6.45, 7) is 5.19. The zero-order valence-electron chi connectivity index (χ0n) is 13.3. The van der Waals surface area contributed by atoms with Crippen molar-refractivity contribution in [3.63, 3.8) is 0 Å².